The van der Waals surface area contributed by atoms with Crippen LogP contribution in [0.4, 0.5) is 4.79 Å². The third-order valence-corrected chi connectivity index (χ3v) is 6.23. The summed E-state index contributed by atoms with van der Waals surface area (Å²) in [5, 5.41) is 8.04. The highest BCUT2D eigenvalue weighted by molar-refractivity contribution is 6.09. The highest BCUT2D eigenvalue weighted by Gasteiger charge is 2.52. The van der Waals surface area contributed by atoms with E-state index in [0.29, 0.717) is 31.7 Å². The molecule has 1 saturated carbocycles. The van der Waals surface area contributed by atoms with Crippen molar-refractivity contribution < 1.29 is 14.4 Å². The molecular weight excluding hydrogens is 366 g/mol. The van der Waals surface area contributed by atoms with Gasteiger partial charge in [-0.2, -0.15) is 0 Å². The molecule has 4 rings (SSSR count). The summed E-state index contributed by atoms with van der Waals surface area (Å²) in [6, 6.07) is 13.9. The van der Waals surface area contributed by atoms with E-state index >= 15 is 0 Å². The fourth-order valence-corrected chi connectivity index (χ4v) is 4.35. The first-order valence-corrected chi connectivity index (χ1v) is 10.4. The molecule has 1 aliphatic heterocycles. The lowest BCUT2D eigenvalue weighted by Gasteiger charge is -2.33. The van der Waals surface area contributed by atoms with Gasteiger partial charge in [-0.15, -0.1) is 0 Å². The molecule has 29 heavy (non-hydrogen) atoms. The van der Waals surface area contributed by atoms with E-state index in [0.717, 1.165) is 23.3 Å². The number of imide groups is 1. The van der Waals surface area contributed by atoms with Crippen LogP contribution in [0.1, 0.15) is 38.2 Å². The van der Waals surface area contributed by atoms with Gasteiger partial charge in [0.2, 0.25) is 5.91 Å². The van der Waals surface area contributed by atoms with Gasteiger partial charge in [-0.25, -0.2) is 4.79 Å². The van der Waals surface area contributed by atoms with Gasteiger partial charge >= 0.3 is 6.03 Å². The lowest BCUT2D eigenvalue weighted by atomic mass is 9.77. The summed E-state index contributed by atoms with van der Waals surface area (Å²) in [6.45, 7) is 2.40. The van der Waals surface area contributed by atoms with E-state index in [9.17, 15) is 14.4 Å². The van der Waals surface area contributed by atoms with Gasteiger partial charge in [-0.05, 0) is 54.4 Å². The Morgan fingerprint density at radius 1 is 1.14 bits per heavy atom. The van der Waals surface area contributed by atoms with Crippen LogP contribution in [-0.4, -0.2) is 41.4 Å². The van der Waals surface area contributed by atoms with Crippen molar-refractivity contribution in [2.45, 2.75) is 44.6 Å². The third kappa shape index (κ3) is 3.97. The monoisotopic (exact) mass is 393 g/mol. The normalized spacial score (nSPS) is 24.2. The Morgan fingerprint density at radius 3 is 2.62 bits per heavy atom. The Labute approximate surface area is 170 Å². The maximum absolute atomic E-state index is 12.8. The number of benzene rings is 2. The van der Waals surface area contributed by atoms with Gasteiger partial charge in [-0.1, -0.05) is 49.4 Å². The Bertz CT molecular complexity index is 947. The summed E-state index contributed by atoms with van der Waals surface area (Å²) >= 11 is 0. The van der Waals surface area contributed by atoms with E-state index in [1.54, 1.807) is 0 Å². The molecule has 2 aliphatic rings. The average molecular weight is 393 g/mol. The number of carbonyl (C=O) groups is 3. The number of hydrogen-bond acceptors (Lipinski definition) is 3. The molecule has 2 aromatic rings. The summed E-state index contributed by atoms with van der Waals surface area (Å²) < 4.78 is 0. The molecule has 152 valence electrons. The molecule has 0 bridgehead atoms. The van der Waals surface area contributed by atoms with E-state index in [1.807, 2.05) is 12.1 Å². The second-order valence-electron chi connectivity index (χ2n) is 8.37. The molecule has 1 saturated heterocycles. The number of nitrogens with one attached hydrogen (secondary N) is 2. The molecular formula is C23H27N3O3. The second kappa shape index (κ2) is 7.85. The van der Waals surface area contributed by atoms with Crippen molar-refractivity contribution in [3.63, 3.8) is 0 Å². The molecule has 6 nitrogen and oxygen atoms in total. The molecule has 1 heterocycles. The van der Waals surface area contributed by atoms with Crippen molar-refractivity contribution in [3.05, 3.63) is 48.0 Å². The van der Waals surface area contributed by atoms with Crippen LogP contribution in [0.3, 0.4) is 0 Å². The minimum atomic E-state index is -0.797. The number of nitrogens with zero attached hydrogens (tertiary/aromatic N) is 1. The Kier molecular flexibility index (Phi) is 5.26. The third-order valence-electron chi connectivity index (χ3n) is 6.23. The van der Waals surface area contributed by atoms with Crippen LogP contribution in [0.2, 0.25) is 0 Å². The van der Waals surface area contributed by atoms with Gasteiger partial charge in [0, 0.05) is 6.54 Å². The molecule has 0 radical (unpaired) electrons. The number of amides is 4. The van der Waals surface area contributed by atoms with Gasteiger partial charge < -0.3 is 10.6 Å². The number of hydrogen-bond donors (Lipinski definition) is 2. The van der Waals surface area contributed by atoms with E-state index < -0.39 is 11.6 Å². The summed E-state index contributed by atoms with van der Waals surface area (Å²) in [7, 11) is 0. The van der Waals surface area contributed by atoms with Gasteiger partial charge in [-0.3, -0.25) is 14.5 Å². The minimum absolute atomic E-state index is 0.223. The van der Waals surface area contributed by atoms with Crippen molar-refractivity contribution in [2.75, 3.05) is 13.1 Å². The standard InChI is InChI=1S/C23H27N3O3/c1-16-8-11-23(12-9-16)21(28)26(22(29)25-23)15-20(27)24-13-10-17-6-7-18-4-2-3-5-19(18)14-17/h2-7,14,16H,8-13,15H2,1H3,(H,24,27)(H,25,29). The smallest absolute Gasteiger partial charge is 0.325 e. The topological polar surface area (TPSA) is 78.5 Å². The summed E-state index contributed by atoms with van der Waals surface area (Å²) in [6.07, 6.45) is 3.83. The van der Waals surface area contributed by atoms with Crippen molar-refractivity contribution in [2.24, 2.45) is 5.92 Å². The van der Waals surface area contributed by atoms with Gasteiger partial charge in [0.25, 0.3) is 5.91 Å². The molecule has 6 heteroatoms. The van der Waals surface area contributed by atoms with Crippen LogP contribution in [0.5, 0.6) is 0 Å². The zero-order valence-electron chi connectivity index (χ0n) is 16.7. The fraction of sp³-hybridized carbons (Fsp3) is 0.435. The minimum Gasteiger partial charge on any atom is -0.354 e. The molecule has 2 fully saturated rings. The molecule has 0 atom stereocenters. The first kappa shape index (κ1) is 19.4. The highest BCUT2D eigenvalue weighted by atomic mass is 16.2. The molecule has 2 N–H and O–H groups in total. The summed E-state index contributed by atoms with van der Waals surface area (Å²) in [4.78, 5) is 38.5. The molecule has 1 aliphatic carbocycles. The number of fused-ring (bicyclic) bond motifs is 1. The van der Waals surface area contributed by atoms with Gasteiger partial charge in [0.15, 0.2) is 0 Å². The van der Waals surface area contributed by atoms with Gasteiger partial charge in [0.05, 0.1) is 0 Å². The van der Waals surface area contributed by atoms with Crippen molar-refractivity contribution in [1.29, 1.82) is 0 Å². The zero-order valence-corrected chi connectivity index (χ0v) is 16.7. The molecule has 4 amide bonds. The van der Waals surface area contributed by atoms with E-state index in [2.05, 4.69) is 47.9 Å². The molecule has 2 aromatic carbocycles. The zero-order chi connectivity index (χ0) is 20.4. The van der Waals surface area contributed by atoms with Crippen molar-refractivity contribution in [1.82, 2.24) is 15.5 Å². The van der Waals surface area contributed by atoms with Crippen LogP contribution >= 0.6 is 0 Å². The van der Waals surface area contributed by atoms with Gasteiger partial charge in [0.1, 0.15) is 12.1 Å². The quantitative estimate of drug-likeness (QED) is 0.767. The first-order chi connectivity index (χ1) is 14.0. The van der Waals surface area contributed by atoms with E-state index in [1.165, 1.54) is 10.8 Å². The van der Waals surface area contributed by atoms with Crippen molar-refractivity contribution >= 4 is 28.6 Å². The Morgan fingerprint density at radius 2 is 1.86 bits per heavy atom. The summed E-state index contributed by atoms with van der Waals surface area (Å²) in [5.74, 6) is 0.00683. The van der Waals surface area contributed by atoms with Crippen LogP contribution in [-0.2, 0) is 16.0 Å². The van der Waals surface area contributed by atoms with Crippen LogP contribution < -0.4 is 10.6 Å². The van der Waals surface area contributed by atoms with E-state index in [4.69, 9.17) is 0 Å². The number of carbonyl (C=O) groups excluding carboxylic acids is 3. The Balaban J connectivity index is 1.30. The van der Waals surface area contributed by atoms with Crippen LogP contribution in [0.15, 0.2) is 42.5 Å². The largest absolute Gasteiger partial charge is 0.354 e. The first-order valence-electron chi connectivity index (χ1n) is 10.4. The number of rotatable bonds is 5. The summed E-state index contributed by atoms with van der Waals surface area (Å²) in [5.41, 5.74) is 0.337. The highest BCUT2D eigenvalue weighted by Crippen LogP contribution is 2.36. The predicted octanol–water partition coefficient (Wildman–Crippen LogP) is 3.00. The molecule has 0 aromatic heterocycles. The maximum Gasteiger partial charge on any atom is 0.325 e. The van der Waals surface area contributed by atoms with Crippen LogP contribution in [0.25, 0.3) is 10.8 Å². The molecule has 1 spiro atoms. The SMILES string of the molecule is CC1CCC2(CC1)NC(=O)N(CC(=O)NCCc1ccc3ccccc3c1)C2=O. The predicted molar refractivity (Wildman–Crippen MR) is 111 cm³/mol. The average Bonchev–Trinajstić information content (AvgIpc) is 2.94. The lowest BCUT2D eigenvalue weighted by Crippen LogP contribution is -2.50. The Hall–Kier alpha value is -2.89. The second-order valence-corrected chi connectivity index (χ2v) is 8.37. The number of urea groups is 1. The maximum atomic E-state index is 12.8. The fourth-order valence-electron chi connectivity index (χ4n) is 4.35. The van der Waals surface area contributed by atoms with Crippen LogP contribution in [0, 0.1) is 5.92 Å². The molecule has 0 unspecified atom stereocenters. The lowest BCUT2D eigenvalue weighted by molar-refractivity contribution is -0.136. The van der Waals surface area contributed by atoms with E-state index in [-0.39, 0.29) is 18.4 Å². The van der Waals surface area contributed by atoms with Crippen molar-refractivity contribution in [3.8, 4) is 0 Å².